The van der Waals surface area contributed by atoms with E-state index in [1.165, 1.54) is 12.1 Å². The lowest BCUT2D eigenvalue weighted by atomic mass is 10.1. The summed E-state index contributed by atoms with van der Waals surface area (Å²) in [5.41, 5.74) is 7.86. The van der Waals surface area contributed by atoms with Gasteiger partial charge >= 0.3 is 0 Å². The highest BCUT2D eigenvalue weighted by atomic mass is 32.2. The number of carbonyl (C=O) groups excluding carboxylic acids is 1. The normalized spacial score (nSPS) is 12.6. The maximum absolute atomic E-state index is 12.4. The van der Waals surface area contributed by atoms with Crippen LogP contribution in [0.15, 0.2) is 47.4 Å². The summed E-state index contributed by atoms with van der Waals surface area (Å²) in [5, 5.41) is 2.72. The van der Waals surface area contributed by atoms with E-state index in [-0.39, 0.29) is 16.8 Å². The molecule has 0 saturated carbocycles. The van der Waals surface area contributed by atoms with Crippen LogP contribution in [0.4, 0.5) is 11.4 Å². The Labute approximate surface area is 148 Å². The molecule has 1 unspecified atom stereocenters. The number of hydrogen-bond acceptors (Lipinski definition) is 4. The predicted molar refractivity (Wildman–Crippen MR) is 100 cm³/mol. The van der Waals surface area contributed by atoms with Crippen molar-refractivity contribution in [3.63, 3.8) is 0 Å². The molecule has 25 heavy (non-hydrogen) atoms. The molecular weight excluding hydrogens is 338 g/mol. The van der Waals surface area contributed by atoms with Gasteiger partial charge in [0.05, 0.1) is 4.90 Å². The van der Waals surface area contributed by atoms with E-state index in [4.69, 9.17) is 5.73 Å². The predicted octanol–water partition coefficient (Wildman–Crippen LogP) is 2.91. The van der Waals surface area contributed by atoms with E-state index in [0.29, 0.717) is 23.4 Å². The summed E-state index contributed by atoms with van der Waals surface area (Å²) in [6.07, 6.45) is 0.685. The lowest BCUT2D eigenvalue weighted by Gasteiger charge is -2.13. The second kappa shape index (κ2) is 7.67. The van der Waals surface area contributed by atoms with Gasteiger partial charge in [0.15, 0.2) is 0 Å². The molecule has 0 saturated heterocycles. The standard InChI is InChI=1S/C18H23N3O3S/c1-4-13(3)21-25(23,24)16-7-5-6-15(11-16)20-18(22)17-10-14(19)9-8-12(17)2/h5-11,13,21H,4,19H2,1-3H3,(H,20,22). The lowest BCUT2D eigenvalue weighted by molar-refractivity contribution is 0.102. The third kappa shape index (κ3) is 4.80. The van der Waals surface area contributed by atoms with Crippen molar-refractivity contribution in [3.05, 3.63) is 53.6 Å². The summed E-state index contributed by atoms with van der Waals surface area (Å²) >= 11 is 0. The Kier molecular flexibility index (Phi) is 5.81. The third-order valence-corrected chi connectivity index (χ3v) is 5.46. The smallest absolute Gasteiger partial charge is 0.256 e. The van der Waals surface area contributed by atoms with E-state index in [1.807, 2.05) is 13.8 Å². The number of nitrogens with one attached hydrogen (secondary N) is 2. The minimum atomic E-state index is -3.63. The summed E-state index contributed by atoms with van der Waals surface area (Å²) in [6.45, 7) is 5.51. The largest absolute Gasteiger partial charge is 0.399 e. The minimum absolute atomic E-state index is 0.106. The number of nitrogen functional groups attached to an aromatic ring is 1. The highest BCUT2D eigenvalue weighted by molar-refractivity contribution is 7.89. The Morgan fingerprint density at radius 1 is 1.20 bits per heavy atom. The van der Waals surface area contributed by atoms with Crippen LogP contribution in [0.1, 0.15) is 36.2 Å². The second-order valence-corrected chi connectivity index (χ2v) is 7.70. The van der Waals surface area contributed by atoms with Gasteiger partial charge in [0.2, 0.25) is 10.0 Å². The summed E-state index contributed by atoms with van der Waals surface area (Å²) in [4.78, 5) is 12.5. The first kappa shape index (κ1) is 19.0. The van der Waals surface area contributed by atoms with Crippen molar-refractivity contribution in [2.75, 3.05) is 11.1 Å². The van der Waals surface area contributed by atoms with Gasteiger partial charge in [0.1, 0.15) is 0 Å². The van der Waals surface area contributed by atoms with Crippen LogP contribution in [-0.2, 0) is 10.0 Å². The fourth-order valence-corrected chi connectivity index (χ4v) is 3.61. The van der Waals surface area contributed by atoms with Gasteiger partial charge in [-0.05, 0) is 56.2 Å². The maximum Gasteiger partial charge on any atom is 0.256 e. The molecule has 1 atom stereocenters. The van der Waals surface area contributed by atoms with E-state index in [9.17, 15) is 13.2 Å². The van der Waals surface area contributed by atoms with Crippen LogP contribution < -0.4 is 15.8 Å². The first-order valence-electron chi connectivity index (χ1n) is 8.03. The van der Waals surface area contributed by atoms with Gasteiger partial charge in [0.25, 0.3) is 5.91 Å². The van der Waals surface area contributed by atoms with E-state index >= 15 is 0 Å². The van der Waals surface area contributed by atoms with Gasteiger partial charge in [-0.2, -0.15) is 0 Å². The van der Waals surface area contributed by atoms with Gasteiger partial charge < -0.3 is 11.1 Å². The average molecular weight is 361 g/mol. The average Bonchev–Trinajstić information content (AvgIpc) is 2.56. The van der Waals surface area contributed by atoms with Crippen LogP contribution in [0, 0.1) is 6.92 Å². The molecule has 0 aromatic heterocycles. The Bertz CT molecular complexity index is 879. The molecule has 0 radical (unpaired) electrons. The second-order valence-electron chi connectivity index (χ2n) is 5.99. The number of nitrogens with two attached hydrogens (primary N) is 1. The number of amides is 1. The highest BCUT2D eigenvalue weighted by Crippen LogP contribution is 2.19. The SMILES string of the molecule is CCC(C)NS(=O)(=O)c1cccc(NC(=O)c2cc(N)ccc2C)c1. The van der Waals surface area contributed by atoms with Gasteiger partial charge in [0, 0.05) is 23.0 Å². The van der Waals surface area contributed by atoms with Crippen molar-refractivity contribution >= 4 is 27.3 Å². The van der Waals surface area contributed by atoms with Crippen molar-refractivity contribution in [2.24, 2.45) is 0 Å². The number of rotatable bonds is 6. The quantitative estimate of drug-likeness (QED) is 0.689. The molecule has 2 rings (SSSR count). The Morgan fingerprint density at radius 3 is 2.60 bits per heavy atom. The molecule has 2 aromatic carbocycles. The van der Waals surface area contributed by atoms with Crippen LogP contribution in [0.2, 0.25) is 0 Å². The molecule has 0 heterocycles. The van der Waals surface area contributed by atoms with Crippen LogP contribution in [0.3, 0.4) is 0 Å². The summed E-state index contributed by atoms with van der Waals surface area (Å²) < 4.78 is 27.3. The number of hydrogen-bond donors (Lipinski definition) is 3. The molecule has 0 aliphatic carbocycles. The number of carbonyl (C=O) groups is 1. The van der Waals surface area contributed by atoms with E-state index in [1.54, 1.807) is 37.3 Å². The zero-order chi connectivity index (χ0) is 18.6. The van der Waals surface area contributed by atoms with Crippen molar-refractivity contribution in [1.29, 1.82) is 0 Å². The molecule has 7 heteroatoms. The number of aryl methyl sites for hydroxylation is 1. The molecule has 0 bridgehead atoms. The molecular formula is C18H23N3O3S. The molecule has 1 amide bonds. The van der Waals surface area contributed by atoms with Crippen LogP contribution in [0.25, 0.3) is 0 Å². The van der Waals surface area contributed by atoms with E-state index < -0.39 is 10.0 Å². The Morgan fingerprint density at radius 2 is 1.92 bits per heavy atom. The lowest BCUT2D eigenvalue weighted by Crippen LogP contribution is -2.32. The van der Waals surface area contributed by atoms with E-state index in [0.717, 1.165) is 5.56 Å². The van der Waals surface area contributed by atoms with Gasteiger partial charge in [-0.1, -0.05) is 19.1 Å². The van der Waals surface area contributed by atoms with Crippen LogP contribution >= 0.6 is 0 Å². The summed E-state index contributed by atoms with van der Waals surface area (Å²) in [6, 6.07) is 11.1. The van der Waals surface area contributed by atoms with Crippen molar-refractivity contribution in [2.45, 2.75) is 38.1 Å². The molecule has 0 spiro atoms. The fourth-order valence-electron chi connectivity index (χ4n) is 2.24. The summed E-state index contributed by atoms with van der Waals surface area (Å²) in [5.74, 6) is -0.339. The van der Waals surface area contributed by atoms with Gasteiger partial charge in [-0.3, -0.25) is 4.79 Å². The number of anilines is 2. The molecule has 6 nitrogen and oxygen atoms in total. The number of benzene rings is 2. The zero-order valence-corrected chi connectivity index (χ0v) is 15.4. The molecule has 134 valence electrons. The molecule has 2 aromatic rings. The van der Waals surface area contributed by atoms with Crippen molar-refractivity contribution in [3.8, 4) is 0 Å². The topological polar surface area (TPSA) is 101 Å². The molecule has 0 aliphatic rings. The van der Waals surface area contributed by atoms with Crippen molar-refractivity contribution in [1.82, 2.24) is 4.72 Å². The monoisotopic (exact) mass is 361 g/mol. The zero-order valence-electron chi connectivity index (χ0n) is 14.5. The third-order valence-electron chi connectivity index (χ3n) is 3.88. The first-order chi connectivity index (χ1) is 11.7. The first-order valence-corrected chi connectivity index (χ1v) is 9.51. The molecule has 4 N–H and O–H groups in total. The highest BCUT2D eigenvalue weighted by Gasteiger charge is 2.17. The van der Waals surface area contributed by atoms with E-state index in [2.05, 4.69) is 10.0 Å². The molecule has 0 fully saturated rings. The molecule has 0 aliphatic heterocycles. The van der Waals surface area contributed by atoms with Crippen LogP contribution in [0.5, 0.6) is 0 Å². The maximum atomic E-state index is 12.4. The summed E-state index contributed by atoms with van der Waals surface area (Å²) in [7, 11) is -3.63. The van der Waals surface area contributed by atoms with Crippen molar-refractivity contribution < 1.29 is 13.2 Å². The Hall–Kier alpha value is -2.38. The Balaban J connectivity index is 2.24. The fraction of sp³-hybridized carbons (Fsp3) is 0.278. The van der Waals surface area contributed by atoms with Gasteiger partial charge in [-0.25, -0.2) is 13.1 Å². The van der Waals surface area contributed by atoms with Gasteiger partial charge in [-0.15, -0.1) is 0 Å². The minimum Gasteiger partial charge on any atom is -0.399 e. The number of sulfonamides is 1. The van der Waals surface area contributed by atoms with Crippen LogP contribution in [-0.4, -0.2) is 20.4 Å².